The summed E-state index contributed by atoms with van der Waals surface area (Å²) < 4.78 is 0. The Morgan fingerprint density at radius 2 is 2.13 bits per heavy atom. The van der Waals surface area contributed by atoms with E-state index in [1.165, 1.54) is 0 Å². The zero-order valence-electron chi connectivity index (χ0n) is 8.77. The quantitative estimate of drug-likeness (QED) is 0.812. The molecule has 0 spiro atoms. The first kappa shape index (κ1) is 9.98. The van der Waals surface area contributed by atoms with E-state index in [2.05, 4.69) is 15.2 Å². The molecule has 0 aliphatic heterocycles. The van der Waals surface area contributed by atoms with Crippen LogP contribution < -0.4 is 5.73 Å². The summed E-state index contributed by atoms with van der Waals surface area (Å²) in [6.07, 6.45) is 1.70. The molecule has 0 atom stereocenters. The molecule has 0 bridgehead atoms. The highest BCUT2D eigenvalue weighted by Gasteiger charge is 2.02. The standard InChI is InChI=1S/C11H14N4/c1-8-4-2-5-9-11(8)15-14-10(13-9)6-3-7-12/h2,4-5H,3,6-7,12H2,1H3. The molecule has 1 heterocycles. The lowest BCUT2D eigenvalue weighted by Crippen LogP contribution is -2.04. The number of hydrogen-bond acceptors (Lipinski definition) is 4. The van der Waals surface area contributed by atoms with Gasteiger partial charge in [-0.25, -0.2) is 4.98 Å². The van der Waals surface area contributed by atoms with Crippen LogP contribution in [0.15, 0.2) is 18.2 Å². The fraction of sp³-hybridized carbons (Fsp3) is 0.364. The Labute approximate surface area is 88.5 Å². The second-order valence-corrected chi connectivity index (χ2v) is 3.56. The van der Waals surface area contributed by atoms with Gasteiger partial charge in [0.2, 0.25) is 0 Å². The fourth-order valence-electron chi connectivity index (χ4n) is 1.50. The van der Waals surface area contributed by atoms with E-state index in [4.69, 9.17) is 5.73 Å². The molecule has 4 nitrogen and oxygen atoms in total. The molecule has 2 aromatic rings. The van der Waals surface area contributed by atoms with Gasteiger partial charge in [-0.1, -0.05) is 12.1 Å². The molecule has 0 radical (unpaired) electrons. The van der Waals surface area contributed by atoms with Gasteiger partial charge in [-0.05, 0) is 31.5 Å². The van der Waals surface area contributed by atoms with Crippen LogP contribution in [0.5, 0.6) is 0 Å². The van der Waals surface area contributed by atoms with Crippen molar-refractivity contribution in [3.8, 4) is 0 Å². The maximum absolute atomic E-state index is 5.44. The number of nitrogens with two attached hydrogens (primary N) is 1. The van der Waals surface area contributed by atoms with Crippen LogP contribution in [0.4, 0.5) is 0 Å². The van der Waals surface area contributed by atoms with E-state index in [0.29, 0.717) is 6.54 Å². The van der Waals surface area contributed by atoms with Crippen molar-refractivity contribution in [3.05, 3.63) is 29.6 Å². The molecule has 2 N–H and O–H groups in total. The number of aromatic nitrogens is 3. The van der Waals surface area contributed by atoms with Gasteiger partial charge in [0, 0.05) is 6.42 Å². The molecule has 1 aromatic carbocycles. The number of benzene rings is 1. The molecule has 0 aliphatic carbocycles. The van der Waals surface area contributed by atoms with E-state index in [9.17, 15) is 0 Å². The van der Waals surface area contributed by atoms with Crippen LogP contribution in [0.3, 0.4) is 0 Å². The van der Waals surface area contributed by atoms with E-state index >= 15 is 0 Å². The zero-order chi connectivity index (χ0) is 10.7. The summed E-state index contributed by atoms with van der Waals surface area (Å²) in [5.41, 5.74) is 8.34. The zero-order valence-corrected chi connectivity index (χ0v) is 8.77. The molecule has 1 aromatic heterocycles. The third-order valence-corrected chi connectivity index (χ3v) is 2.34. The van der Waals surface area contributed by atoms with Gasteiger partial charge in [-0.3, -0.25) is 0 Å². The first-order valence-corrected chi connectivity index (χ1v) is 5.10. The van der Waals surface area contributed by atoms with E-state index < -0.39 is 0 Å². The number of rotatable bonds is 3. The van der Waals surface area contributed by atoms with Crippen molar-refractivity contribution >= 4 is 11.0 Å². The van der Waals surface area contributed by atoms with Gasteiger partial charge < -0.3 is 5.73 Å². The summed E-state index contributed by atoms with van der Waals surface area (Å²) in [6, 6.07) is 5.96. The summed E-state index contributed by atoms with van der Waals surface area (Å²) in [7, 11) is 0. The number of hydrogen-bond donors (Lipinski definition) is 1. The molecular weight excluding hydrogens is 188 g/mol. The van der Waals surface area contributed by atoms with Gasteiger partial charge in [0.05, 0.1) is 5.52 Å². The molecular formula is C11H14N4. The molecule has 0 unspecified atom stereocenters. The summed E-state index contributed by atoms with van der Waals surface area (Å²) in [6.45, 7) is 2.67. The van der Waals surface area contributed by atoms with Gasteiger partial charge in [0.1, 0.15) is 5.52 Å². The highest BCUT2D eigenvalue weighted by Crippen LogP contribution is 2.12. The van der Waals surface area contributed by atoms with Gasteiger partial charge in [0.15, 0.2) is 5.82 Å². The Morgan fingerprint density at radius 1 is 1.27 bits per heavy atom. The SMILES string of the molecule is Cc1cccc2nc(CCCN)nnc12. The van der Waals surface area contributed by atoms with Crippen LogP contribution in [0.25, 0.3) is 11.0 Å². The summed E-state index contributed by atoms with van der Waals surface area (Å²) in [5.74, 6) is 0.776. The van der Waals surface area contributed by atoms with Gasteiger partial charge in [0.25, 0.3) is 0 Å². The summed E-state index contributed by atoms with van der Waals surface area (Å²) in [5, 5.41) is 8.27. The van der Waals surface area contributed by atoms with Crippen LogP contribution in [0.2, 0.25) is 0 Å². The third kappa shape index (κ3) is 2.10. The predicted octanol–water partition coefficient (Wildman–Crippen LogP) is 1.22. The van der Waals surface area contributed by atoms with Crippen molar-refractivity contribution in [2.24, 2.45) is 5.73 Å². The Morgan fingerprint density at radius 3 is 2.93 bits per heavy atom. The molecule has 0 saturated heterocycles. The predicted molar refractivity (Wildman–Crippen MR) is 59.4 cm³/mol. The summed E-state index contributed by atoms with van der Waals surface area (Å²) in [4.78, 5) is 4.44. The van der Waals surface area contributed by atoms with Gasteiger partial charge in [-0.2, -0.15) is 0 Å². The lowest BCUT2D eigenvalue weighted by molar-refractivity contribution is 0.763. The van der Waals surface area contributed by atoms with Gasteiger partial charge >= 0.3 is 0 Å². The first-order valence-electron chi connectivity index (χ1n) is 5.10. The van der Waals surface area contributed by atoms with Crippen LogP contribution >= 0.6 is 0 Å². The smallest absolute Gasteiger partial charge is 0.151 e. The topological polar surface area (TPSA) is 64.7 Å². The Kier molecular flexibility index (Phi) is 2.87. The van der Waals surface area contributed by atoms with Crippen LogP contribution in [0, 0.1) is 6.92 Å². The second kappa shape index (κ2) is 4.31. The highest BCUT2D eigenvalue weighted by atomic mass is 15.1. The van der Waals surface area contributed by atoms with E-state index in [1.54, 1.807) is 0 Å². The Bertz CT molecular complexity index is 467. The van der Waals surface area contributed by atoms with Crippen LogP contribution in [0.1, 0.15) is 17.8 Å². The molecule has 78 valence electrons. The largest absolute Gasteiger partial charge is 0.330 e. The normalized spacial score (nSPS) is 10.8. The van der Waals surface area contributed by atoms with Crippen molar-refractivity contribution in [1.29, 1.82) is 0 Å². The van der Waals surface area contributed by atoms with E-state index in [-0.39, 0.29) is 0 Å². The average Bonchev–Trinajstić information content (AvgIpc) is 2.26. The first-order chi connectivity index (χ1) is 7.31. The Balaban J connectivity index is 2.39. The van der Waals surface area contributed by atoms with Gasteiger partial charge in [-0.15, -0.1) is 10.2 Å². The summed E-state index contributed by atoms with van der Waals surface area (Å²) >= 11 is 0. The fourth-order valence-corrected chi connectivity index (χ4v) is 1.50. The van der Waals surface area contributed by atoms with Crippen molar-refractivity contribution < 1.29 is 0 Å². The van der Waals surface area contributed by atoms with E-state index in [0.717, 1.165) is 35.3 Å². The molecule has 15 heavy (non-hydrogen) atoms. The molecule has 4 heteroatoms. The molecule has 0 saturated carbocycles. The molecule has 0 amide bonds. The lowest BCUT2D eigenvalue weighted by atomic mass is 10.2. The van der Waals surface area contributed by atoms with E-state index in [1.807, 2.05) is 25.1 Å². The van der Waals surface area contributed by atoms with Crippen molar-refractivity contribution in [2.75, 3.05) is 6.54 Å². The minimum atomic E-state index is 0.662. The number of nitrogens with zero attached hydrogens (tertiary/aromatic N) is 3. The lowest BCUT2D eigenvalue weighted by Gasteiger charge is -2.01. The Hall–Kier alpha value is -1.55. The van der Waals surface area contributed by atoms with Crippen molar-refractivity contribution in [2.45, 2.75) is 19.8 Å². The molecule has 0 aliphatic rings. The minimum absolute atomic E-state index is 0.662. The third-order valence-electron chi connectivity index (χ3n) is 2.34. The molecule has 0 fully saturated rings. The van der Waals surface area contributed by atoms with Crippen LogP contribution in [-0.2, 0) is 6.42 Å². The number of fused-ring (bicyclic) bond motifs is 1. The second-order valence-electron chi connectivity index (χ2n) is 3.56. The maximum Gasteiger partial charge on any atom is 0.151 e. The maximum atomic E-state index is 5.44. The van der Waals surface area contributed by atoms with Crippen LogP contribution in [-0.4, -0.2) is 21.7 Å². The molecule has 2 rings (SSSR count). The van der Waals surface area contributed by atoms with Crippen molar-refractivity contribution in [3.63, 3.8) is 0 Å². The average molecular weight is 202 g/mol. The minimum Gasteiger partial charge on any atom is -0.330 e. The van der Waals surface area contributed by atoms with Crippen molar-refractivity contribution in [1.82, 2.24) is 15.2 Å². The monoisotopic (exact) mass is 202 g/mol. The number of aryl methyl sites for hydroxylation is 2. The highest BCUT2D eigenvalue weighted by molar-refractivity contribution is 5.76.